The van der Waals surface area contributed by atoms with E-state index in [0.29, 0.717) is 4.88 Å². The molecule has 16 heavy (non-hydrogen) atoms. The van der Waals surface area contributed by atoms with Crippen LogP contribution in [-0.4, -0.2) is 18.0 Å². The standard InChI is InChI=1S/C9H6N2O4S/c1-15-9(12)6(5-10)4-7-2-3-8(16-7)11(13)14/h2-4H,1H3/b6-4+. The van der Waals surface area contributed by atoms with Crippen LogP contribution >= 0.6 is 11.3 Å². The van der Waals surface area contributed by atoms with Crippen molar-refractivity contribution in [2.75, 3.05) is 7.11 Å². The third-order valence-electron chi connectivity index (χ3n) is 1.60. The fourth-order valence-corrected chi connectivity index (χ4v) is 1.67. The Labute approximate surface area is 94.5 Å². The van der Waals surface area contributed by atoms with Crippen LogP contribution < -0.4 is 0 Å². The molecule has 0 aliphatic rings. The first-order valence-electron chi connectivity index (χ1n) is 4.03. The quantitative estimate of drug-likeness (QED) is 0.263. The van der Waals surface area contributed by atoms with Gasteiger partial charge in [0.25, 0.3) is 0 Å². The highest BCUT2D eigenvalue weighted by atomic mass is 32.1. The normalized spacial score (nSPS) is 10.6. The number of carbonyl (C=O) groups excluding carboxylic acids is 1. The topological polar surface area (TPSA) is 93.2 Å². The second-order valence-corrected chi connectivity index (χ2v) is 3.69. The van der Waals surface area contributed by atoms with Crippen LogP contribution in [0.4, 0.5) is 5.00 Å². The zero-order chi connectivity index (χ0) is 12.1. The van der Waals surface area contributed by atoms with Gasteiger partial charge in [0, 0.05) is 10.9 Å². The van der Waals surface area contributed by atoms with Crippen LogP contribution in [0.5, 0.6) is 0 Å². The maximum Gasteiger partial charge on any atom is 0.348 e. The smallest absolute Gasteiger partial charge is 0.348 e. The van der Waals surface area contributed by atoms with E-state index in [9.17, 15) is 14.9 Å². The fraction of sp³-hybridized carbons (Fsp3) is 0.111. The molecule has 0 N–H and O–H groups in total. The highest BCUT2D eigenvalue weighted by Crippen LogP contribution is 2.25. The van der Waals surface area contributed by atoms with E-state index in [2.05, 4.69) is 4.74 Å². The number of ether oxygens (including phenoxy) is 1. The van der Waals surface area contributed by atoms with E-state index < -0.39 is 10.9 Å². The minimum absolute atomic E-state index is 0.0478. The summed E-state index contributed by atoms with van der Waals surface area (Å²) in [7, 11) is 1.16. The summed E-state index contributed by atoms with van der Waals surface area (Å²) in [4.78, 5) is 21.4. The van der Waals surface area contributed by atoms with Gasteiger partial charge in [-0.15, -0.1) is 0 Å². The molecule has 0 saturated carbocycles. The largest absolute Gasteiger partial charge is 0.465 e. The Balaban J connectivity index is 3.01. The van der Waals surface area contributed by atoms with Crippen molar-refractivity contribution in [3.8, 4) is 6.07 Å². The van der Waals surface area contributed by atoms with Crippen molar-refractivity contribution in [2.45, 2.75) is 0 Å². The molecule has 0 radical (unpaired) electrons. The van der Waals surface area contributed by atoms with Gasteiger partial charge in [-0.3, -0.25) is 10.1 Å². The van der Waals surface area contributed by atoms with Crippen molar-refractivity contribution in [2.24, 2.45) is 0 Å². The molecule has 0 amide bonds. The molecule has 1 aromatic heterocycles. The highest BCUT2D eigenvalue weighted by molar-refractivity contribution is 7.16. The summed E-state index contributed by atoms with van der Waals surface area (Å²) in [6.45, 7) is 0. The molecule has 0 fully saturated rings. The fourth-order valence-electron chi connectivity index (χ4n) is 0.907. The van der Waals surface area contributed by atoms with Crippen molar-refractivity contribution in [1.82, 2.24) is 0 Å². The number of hydrogen-bond donors (Lipinski definition) is 0. The third kappa shape index (κ3) is 2.65. The Kier molecular flexibility index (Phi) is 3.74. The highest BCUT2D eigenvalue weighted by Gasteiger charge is 2.12. The van der Waals surface area contributed by atoms with Gasteiger partial charge in [0.15, 0.2) is 0 Å². The zero-order valence-corrected chi connectivity index (χ0v) is 8.98. The lowest BCUT2D eigenvalue weighted by Gasteiger charge is -1.93. The number of esters is 1. The van der Waals surface area contributed by atoms with Crippen molar-refractivity contribution in [1.29, 1.82) is 5.26 Å². The van der Waals surface area contributed by atoms with Crippen LogP contribution in [-0.2, 0) is 9.53 Å². The van der Waals surface area contributed by atoms with Gasteiger partial charge >= 0.3 is 11.0 Å². The average Bonchev–Trinajstić information content (AvgIpc) is 2.73. The monoisotopic (exact) mass is 238 g/mol. The van der Waals surface area contributed by atoms with Crippen molar-refractivity contribution in [3.05, 3.63) is 32.7 Å². The Morgan fingerprint density at radius 2 is 2.38 bits per heavy atom. The van der Waals surface area contributed by atoms with Gasteiger partial charge in [-0.2, -0.15) is 5.26 Å². The van der Waals surface area contributed by atoms with E-state index in [1.54, 1.807) is 6.07 Å². The molecule has 0 aliphatic heterocycles. The van der Waals surface area contributed by atoms with Gasteiger partial charge in [0.05, 0.1) is 12.0 Å². The van der Waals surface area contributed by atoms with E-state index in [-0.39, 0.29) is 10.6 Å². The van der Waals surface area contributed by atoms with Crippen LogP contribution in [0, 0.1) is 21.4 Å². The Hall–Kier alpha value is -2.20. The Morgan fingerprint density at radius 3 is 2.81 bits per heavy atom. The number of thiophene rings is 1. The second-order valence-electron chi connectivity index (χ2n) is 2.59. The molecule has 6 nitrogen and oxygen atoms in total. The molecule has 0 unspecified atom stereocenters. The number of rotatable bonds is 3. The molecular weight excluding hydrogens is 232 g/mol. The first kappa shape index (κ1) is 11.9. The SMILES string of the molecule is COC(=O)/C(C#N)=C/c1ccc([N+](=O)[O-])s1. The Morgan fingerprint density at radius 1 is 1.69 bits per heavy atom. The van der Waals surface area contributed by atoms with Crippen LogP contribution in [0.25, 0.3) is 6.08 Å². The number of nitro groups is 1. The number of nitrogens with zero attached hydrogens (tertiary/aromatic N) is 2. The molecule has 0 spiro atoms. The minimum atomic E-state index is -0.765. The van der Waals surface area contributed by atoms with E-state index in [0.717, 1.165) is 18.4 Å². The molecule has 1 rings (SSSR count). The number of methoxy groups -OCH3 is 1. The molecule has 0 aromatic carbocycles. The van der Waals surface area contributed by atoms with Gasteiger partial charge in [-0.05, 0) is 12.1 Å². The van der Waals surface area contributed by atoms with Gasteiger partial charge in [-0.1, -0.05) is 11.3 Å². The molecule has 0 saturated heterocycles. The van der Waals surface area contributed by atoms with Crippen LogP contribution in [0.3, 0.4) is 0 Å². The predicted octanol–water partition coefficient (Wildman–Crippen LogP) is 1.74. The maximum absolute atomic E-state index is 11.0. The van der Waals surface area contributed by atoms with E-state index >= 15 is 0 Å². The predicted molar refractivity (Wildman–Crippen MR) is 56.6 cm³/mol. The first-order chi connectivity index (χ1) is 7.58. The second kappa shape index (κ2) is 5.04. The molecular formula is C9H6N2O4S. The van der Waals surface area contributed by atoms with Crippen molar-refractivity contribution in [3.63, 3.8) is 0 Å². The molecule has 82 valence electrons. The molecule has 1 heterocycles. The molecule has 0 atom stereocenters. The average molecular weight is 238 g/mol. The summed E-state index contributed by atoms with van der Waals surface area (Å²) in [5.74, 6) is -0.765. The van der Waals surface area contributed by atoms with Gasteiger partial charge in [0.2, 0.25) is 0 Å². The molecule has 1 aromatic rings. The summed E-state index contributed by atoms with van der Waals surface area (Å²) in [6.07, 6.45) is 1.25. The third-order valence-corrected chi connectivity index (χ3v) is 2.59. The minimum Gasteiger partial charge on any atom is -0.465 e. The summed E-state index contributed by atoms with van der Waals surface area (Å²) in [5, 5.41) is 19.0. The van der Waals surface area contributed by atoms with Crippen LogP contribution in [0.2, 0.25) is 0 Å². The summed E-state index contributed by atoms with van der Waals surface area (Å²) in [6, 6.07) is 4.43. The molecule has 7 heteroatoms. The lowest BCUT2D eigenvalue weighted by atomic mass is 10.2. The first-order valence-corrected chi connectivity index (χ1v) is 4.84. The lowest BCUT2D eigenvalue weighted by molar-refractivity contribution is -0.380. The van der Waals surface area contributed by atoms with Crippen LogP contribution in [0.15, 0.2) is 17.7 Å². The number of hydrogen-bond acceptors (Lipinski definition) is 6. The molecule has 0 aliphatic carbocycles. The summed E-state index contributed by atoms with van der Waals surface area (Å²) >= 11 is 0.878. The van der Waals surface area contributed by atoms with Crippen molar-refractivity contribution < 1.29 is 14.5 Å². The van der Waals surface area contributed by atoms with Crippen molar-refractivity contribution >= 4 is 28.4 Å². The van der Waals surface area contributed by atoms with E-state index in [1.807, 2.05) is 0 Å². The van der Waals surface area contributed by atoms with Gasteiger partial charge in [0.1, 0.15) is 11.6 Å². The summed E-state index contributed by atoms with van der Waals surface area (Å²) in [5.41, 5.74) is -0.195. The van der Waals surface area contributed by atoms with Crippen LogP contribution in [0.1, 0.15) is 4.88 Å². The molecule has 0 bridgehead atoms. The zero-order valence-electron chi connectivity index (χ0n) is 8.17. The van der Waals surface area contributed by atoms with Gasteiger partial charge < -0.3 is 4.74 Å². The number of nitriles is 1. The number of carbonyl (C=O) groups is 1. The maximum atomic E-state index is 11.0. The Bertz CT molecular complexity index is 498. The lowest BCUT2D eigenvalue weighted by Crippen LogP contribution is -2.02. The van der Waals surface area contributed by atoms with Gasteiger partial charge in [-0.25, -0.2) is 4.79 Å². The van der Waals surface area contributed by atoms with E-state index in [1.165, 1.54) is 18.2 Å². The van der Waals surface area contributed by atoms with E-state index in [4.69, 9.17) is 5.26 Å². The summed E-state index contributed by atoms with van der Waals surface area (Å²) < 4.78 is 4.37.